The monoisotopic (exact) mass is 2100 g/mol. The Morgan fingerprint density at radius 1 is 0.345 bits per heavy atom. The van der Waals surface area contributed by atoms with Crippen molar-refractivity contribution in [3.05, 3.63) is 337 Å². The average molecular weight is 2110 g/mol. The largest absolute Gasteiger partial charge is 0.492 e. The fourth-order valence-corrected chi connectivity index (χ4v) is 23.3. The quantitative estimate of drug-likeness (QED) is 0.0648. The van der Waals surface area contributed by atoms with Crippen LogP contribution < -0.4 is 4.74 Å². The van der Waals surface area contributed by atoms with E-state index in [1.165, 1.54) is 51.5 Å². The van der Waals surface area contributed by atoms with Gasteiger partial charge in [0, 0.05) is 145 Å². The summed E-state index contributed by atoms with van der Waals surface area (Å²) in [6.07, 6.45) is 3.73. The zero-order valence-corrected chi connectivity index (χ0v) is 83.5. The molecule has 10 aliphatic rings. The van der Waals surface area contributed by atoms with E-state index in [0.29, 0.717) is 189 Å². The third-order valence-electron chi connectivity index (χ3n) is 30.8. The number of carbonyl (C=O) groups is 10. The Balaban J connectivity index is 0.000000130. The van der Waals surface area contributed by atoms with Crippen molar-refractivity contribution in [2.75, 3.05) is 72.1 Å². The van der Waals surface area contributed by atoms with E-state index >= 15 is 0 Å². The molecule has 5 saturated heterocycles. The average Bonchev–Trinajstić information content (AvgIpc) is 1.54. The van der Waals surface area contributed by atoms with Crippen LogP contribution in [0.1, 0.15) is 197 Å². The van der Waals surface area contributed by atoms with E-state index in [2.05, 4.69) is 29.3 Å². The van der Waals surface area contributed by atoms with Crippen molar-refractivity contribution in [1.29, 1.82) is 5.26 Å². The summed E-state index contributed by atoms with van der Waals surface area (Å²) < 4.78 is 124. The van der Waals surface area contributed by atoms with Crippen molar-refractivity contribution in [2.24, 2.45) is 0 Å². The minimum Gasteiger partial charge on any atom is -0.492 e. The highest BCUT2D eigenvalue weighted by molar-refractivity contribution is 6.39. The molecule has 7 heterocycles. The lowest BCUT2D eigenvalue weighted by Gasteiger charge is -2.40. The number of alkyl halides is 8. The number of piperidine rings is 5. The molecule has 6 aliphatic heterocycles. The number of hydrogen-bond donors (Lipinski definition) is 0. The SMILES string of the molecule is N#Cc1ccc2c(c1)CCC21CCN(C(=O)C(=O)Cc2ccc(Cl)cc2)CC1.O=C(Cc1ccc(Cl)cc1)C(=O)N1CCC2(CC1)COc1cc(C(F)F)ccc12.O=C(Cc1ccc(Cl)cc1)C(=O)N1CCC2(CCc3cc(C(F)(F)F)c(F)cc32)CC1.O=C(Cc1ccc(Cl)cc1)C(=O)N1CCC2(CCc3cc(C(F)(F)F)ccc32)CC1.O=C(Cc1ccc(Cl)cn1)C(=O)N1CCC2(CCc3ccc(Cl)cc32)CC1. The second kappa shape index (κ2) is 44.5. The van der Waals surface area contributed by atoms with Gasteiger partial charge >= 0.3 is 12.4 Å². The first kappa shape index (κ1) is 106. The maximum absolute atomic E-state index is 14.2. The molecule has 20 rings (SSSR count). The Morgan fingerprint density at radius 2 is 0.683 bits per heavy atom. The van der Waals surface area contributed by atoms with E-state index in [-0.39, 0.29) is 71.0 Å². The lowest BCUT2D eigenvalue weighted by molar-refractivity contribution is -0.145. The fraction of sp³-hybridized carbons (Fsp3) is 0.375. The number of nitrogens with zero attached hydrogens (tertiary/aromatic N) is 7. The third-order valence-corrected chi connectivity index (χ3v) is 32.3. The molecular formula is C112H102Cl6F9N7O11. The van der Waals surface area contributed by atoms with Gasteiger partial charge in [-0.15, -0.1) is 0 Å². The van der Waals surface area contributed by atoms with E-state index in [0.717, 1.165) is 114 Å². The van der Waals surface area contributed by atoms with Gasteiger partial charge in [0.15, 0.2) is 0 Å². The van der Waals surface area contributed by atoms with Crippen LogP contribution in [0.2, 0.25) is 30.1 Å². The van der Waals surface area contributed by atoms with Crippen LogP contribution in [0.5, 0.6) is 5.75 Å². The molecule has 0 saturated carbocycles. The van der Waals surface area contributed by atoms with Crippen molar-refractivity contribution in [2.45, 2.75) is 194 Å². The van der Waals surface area contributed by atoms with Crippen molar-refractivity contribution >= 4 is 128 Å². The van der Waals surface area contributed by atoms with E-state index < -0.39 is 87.9 Å². The number of ketones is 5. The Hall–Kier alpha value is -11.8. The van der Waals surface area contributed by atoms with Crippen LogP contribution in [0, 0.1) is 17.1 Å². The molecular weight excluding hydrogens is 2000 g/mol. The van der Waals surface area contributed by atoms with Gasteiger partial charge in [-0.05, 0) is 319 Å². The summed E-state index contributed by atoms with van der Waals surface area (Å²) in [7, 11) is 0. The van der Waals surface area contributed by atoms with Gasteiger partial charge in [0.2, 0.25) is 28.9 Å². The zero-order valence-electron chi connectivity index (χ0n) is 79.0. The van der Waals surface area contributed by atoms with Crippen molar-refractivity contribution < 1.29 is 92.2 Å². The number of Topliss-reactive ketones (excluding diaryl/α,β-unsaturated/α-hetero) is 5. The second-order valence-corrected chi connectivity index (χ2v) is 41.9. The van der Waals surface area contributed by atoms with Gasteiger partial charge in [-0.3, -0.25) is 52.9 Å². The maximum atomic E-state index is 14.2. The number of hydrogen-bond acceptors (Lipinski definition) is 13. The number of fused-ring (bicyclic) bond motifs is 10. The molecule has 18 nitrogen and oxygen atoms in total. The molecule has 756 valence electrons. The number of aromatic nitrogens is 1. The predicted molar refractivity (Wildman–Crippen MR) is 532 cm³/mol. The van der Waals surface area contributed by atoms with Gasteiger partial charge in [-0.2, -0.15) is 31.6 Å². The molecule has 1 aromatic heterocycles. The molecule has 145 heavy (non-hydrogen) atoms. The summed E-state index contributed by atoms with van der Waals surface area (Å²) in [5, 5.41) is 12.7. The van der Waals surface area contributed by atoms with Gasteiger partial charge in [0.05, 0.1) is 40.8 Å². The Morgan fingerprint density at radius 3 is 1.06 bits per heavy atom. The molecule has 5 spiro atoms. The number of carbonyl (C=O) groups excluding carboxylic acids is 10. The summed E-state index contributed by atoms with van der Waals surface area (Å²) in [4.78, 5) is 137. The molecule has 0 atom stereocenters. The van der Waals surface area contributed by atoms with E-state index in [1.807, 2.05) is 18.2 Å². The molecule has 0 radical (unpaired) electrons. The lowest BCUT2D eigenvalue weighted by Crippen LogP contribution is -2.48. The number of aryl methyl sites for hydroxylation is 4. The van der Waals surface area contributed by atoms with Gasteiger partial charge in [0.1, 0.15) is 11.6 Å². The highest BCUT2D eigenvalue weighted by atomic mass is 35.5. The molecule has 5 fully saturated rings. The third kappa shape index (κ3) is 24.2. The van der Waals surface area contributed by atoms with Gasteiger partial charge in [0.25, 0.3) is 36.0 Å². The van der Waals surface area contributed by atoms with Gasteiger partial charge < -0.3 is 29.2 Å². The van der Waals surface area contributed by atoms with Crippen molar-refractivity contribution in [1.82, 2.24) is 29.5 Å². The van der Waals surface area contributed by atoms with Crippen molar-refractivity contribution in [3.8, 4) is 11.8 Å². The lowest BCUT2D eigenvalue weighted by atomic mass is 9.73. The number of halogens is 15. The standard InChI is InChI=1S/C23H20ClF4NO2.C23H21ClF3NO2.C23H21ClN2O2.C22H20ClF2NO3.C21H20Cl2N2O2/c24-16-3-1-14(2-4-16)11-20(30)21(31)29-9-7-22(8-10-29)6-5-15-12-18(23(26,27)28)19(25)13-17(15)22;24-18-4-1-15(2-5-18)13-20(29)21(30)28-11-9-22(10-12-28)8-7-16-14-17(23(25,26)27)3-6-19(16)22;24-19-4-1-16(2-5-19)14-21(27)22(28)26-11-9-23(10-12-26)8-7-18-13-17(15-25)3-6-20(18)23;23-16-4-1-14(2-5-16)11-18(27)21(28)26-9-7-22(8-10-26)13-29-19-12-15(20(24)25)3-6-17(19)22;22-15-2-1-14-5-6-21(18(14)11-15)7-9-25(10-8-21)20(27)19(26)12-17-4-3-16(23)13-24-17/h1-4,12-13H,5-11H2;1-6,14H,7-13H2;1-6,13H,7-12,14H2;1-6,12,20H,7-11,13H2;1-4,11,13H,5-10,12H2. The smallest absolute Gasteiger partial charge is 0.419 e. The van der Waals surface area contributed by atoms with Crippen LogP contribution >= 0.6 is 69.6 Å². The summed E-state index contributed by atoms with van der Waals surface area (Å²) in [6.45, 7) is 5.19. The van der Waals surface area contributed by atoms with E-state index in [9.17, 15) is 87.5 Å². The van der Waals surface area contributed by atoms with E-state index in [4.69, 9.17) is 79.6 Å². The molecule has 4 aliphatic carbocycles. The summed E-state index contributed by atoms with van der Waals surface area (Å²) in [5.74, 6) is -5.33. The number of amides is 5. The maximum Gasteiger partial charge on any atom is 0.419 e. The van der Waals surface area contributed by atoms with Crippen LogP contribution in [-0.2, 0) is 145 Å². The number of benzene rings is 9. The molecule has 5 amide bonds. The van der Waals surface area contributed by atoms with Crippen LogP contribution in [0.25, 0.3) is 0 Å². The molecule has 10 aromatic rings. The first-order valence-electron chi connectivity index (χ1n) is 48.3. The summed E-state index contributed by atoms with van der Waals surface area (Å²) >= 11 is 35.4. The number of nitriles is 1. The molecule has 0 bridgehead atoms. The Labute approximate surface area is 863 Å². The molecule has 0 N–H and O–H groups in total. The highest BCUT2D eigenvalue weighted by Crippen LogP contribution is 2.54. The zero-order chi connectivity index (χ0) is 103. The molecule has 9 aromatic carbocycles. The normalized spacial score (nSPS) is 17.6. The van der Waals surface area contributed by atoms with Gasteiger partial charge in [-0.25, -0.2) is 13.2 Å². The number of rotatable bonds is 16. The van der Waals surface area contributed by atoms with Crippen LogP contribution in [-0.4, -0.2) is 160 Å². The Kier molecular flexibility index (Phi) is 32.5. The van der Waals surface area contributed by atoms with Crippen LogP contribution in [0.4, 0.5) is 39.5 Å². The minimum atomic E-state index is -4.73. The number of ether oxygens (including phenoxy) is 1. The van der Waals surface area contributed by atoms with Crippen LogP contribution in [0.3, 0.4) is 0 Å². The highest BCUT2D eigenvalue weighted by Gasteiger charge is 2.51. The van der Waals surface area contributed by atoms with Crippen molar-refractivity contribution in [3.63, 3.8) is 0 Å². The number of pyridine rings is 1. The summed E-state index contributed by atoms with van der Waals surface area (Å²) in [6, 6.07) is 55.6. The minimum absolute atomic E-state index is 0.0100. The molecule has 33 heteroatoms. The summed E-state index contributed by atoms with van der Waals surface area (Å²) in [5.41, 5.74) is 10.6. The van der Waals surface area contributed by atoms with Gasteiger partial charge in [-0.1, -0.05) is 148 Å². The number of likely N-dealkylation sites (tertiary alicyclic amines) is 5. The van der Waals surface area contributed by atoms with Crippen LogP contribution in [0.15, 0.2) is 200 Å². The Bertz CT molecular complexity index is 6640. The second-order valence-electron chi connectivity index (χ2n) is 39.3. The fourth-order valence-electron chi connectivity index (χ4n) is 22.5. The topological polar surface area (TPSA) is 233 Å². The first-order valence-corrected chi connectivity index (χ1v) is 50.6. The predicted octanol–water partition coefficient (Wildman–Crippen LogP) is 22.3. The first-order chi connectivity index (χ1) is 69.1. The van der Waals surface area contributed by atoms with E-state index in [1.54, 1.807) is 141 Å². The molecule has 0 unspecified atom stereocenters.